The highest BCUT2D eigenvalue weighted by Gasteiger charge is 2.50. The zero-order valence-corrected chi connectivity index (χ0v) is 11.2. The van der Waals surface area contributed by atoms with Gasteiger partial charge in [0.1, 0.15) is 6.17 Å². The first-order valence-corrected chi connectivity index (χ1v) is 6.89. The number of amides is 1. The van der Waals surface area contributed by atoms with Crippen LogP contribution in [0.5, 0.6) is 0 Å². The lowest BCUT2D eigenvalue weighted by Crippen LogP contribution is -2.41. The first kappa shape index (κ1) is 12.9. The Hall–Kier alpha value is -1.13. The maximum atomic E-state index is 13.5. The molecule has 1 saturated carbocycles. The Bertz CT molecular complexity index is 510. The van der Waals surface area contributed by atoms with E-state index in [4.69, 9.17) is 17.3 Å². The normalized spacial score (nSPS) is 34.4. The number of likely N-dealkylation sites (tertiary alicyclic amines) is 1. The number of rotatable bonds is 3. The standard InChI is InChI=1S/C14H16ClFN2O/c15-11-4-2-1-3-9(11)10-6-12(10)18-7-8(16)5-13(18)14(17)19/h1-4,8,10,12-13H,5-7H2,(H2,17,19)/t8?,10-,12+,13?/m1/s1. The molecular formula is C14H16ClFN2O. The van der Waals surface area contributed by atoms with E-state index in [1.54, 1.807) is 0 Å². The predicted molar refractivity (Wildman–Crippen MR) is 71.8 cm³/mol. The van der Waals surface area contributed by atoms with Crippen LogP contribution >= 0.6 is 11.6 Å². The maximum absolute atomic E-state index is 13.5. The molecule has 0 bridgehead atoms. The Labute approximate surface area is 116 Å². The molecule has 1 aromatic rings. The van der Waals surface area contributed by atoms with E-state index in [0.717, 1.165) is 17.0 Å². The third-order valence-electron chi connectivity index (χ3n) is 4.10. The van der Waals surface area contributed by atoms with Crippen molar-refractivity contribution in [3.8, 4) is 0 Å². The van der Waals surface area contributed by atoms with Gasteiger partial charge in [0.15, 0.2) is 0 Å². The van der Waals surface area contributed by atoms with Crippen molar-refractivity contribution in [3.63, 3.8) is 0 Å². The van der Waals surface area contributed by atoms with Crippen molar-refractivity contribution < 1.29 is 9.18 Å². The van der Waals surface area contributed by atoms with Crippen molar-refractivity contribution in [2.75, 3.05) is 6.54 Å². The highest BCUT2D eigenvalue weighted by Crippen LogP contribution is 2.49. The topological polar surface area (TPSA) is 46.3 Å². The number of nitrogens with two attached hydrogens (primary N) is 1. The molecule has 1 saturated heterocycles. The Kier molecular flexibility index (Phi) is 3.23. The summed E-state index contributed by atoms with van der Waals surface area (Å²) in [7, 11) is 0. The molecule has 4 atom stereocenters. The Morgan fingerprint density at radius 2 is 2.11 bits per heavy atom. The van der Waals surface area contributed by atoms with Crippen LogP contribution in [0.3, 0.4) is 0 Å². The number of nitrogens with zero attached hydrogens (tertiary/aromatic N) is 1. The molecular weight excluding hydrogens is 267 g/mol. The number of benzene rings is 1. The minimum atomic E-state index is -0.954. The van der Waals surface area contributed by atoms with Crippen LogP contribution in [0.15, 0.2) is 24.3 Å². The molecule has 1 heterocycles. The summed E-state index contributed by atoms with van der Waals surface area (Å²) in [5.41, 5.74) is 6.44. The zero-order valence-electron chi connectivity index (χ0n) is 10.4. The van der Waals surface area contributed by atoms with Crippen LogP contribution in [0, 0.1) is 0 Å². The number of hydrogen-bond donors (Lipinski definition) is 1. The van der Waals surface area contributed by atoms with Gasteiger partial charge in [-0.15, -0.1) is 0 Å². The van der Waals surface area contributed by atoms with Crippen molar-refractivity contribution >= 4 is 17.5 Å². The SMILES string of the molecule is NC(=O)C1CC(F)CN1[C@H]1C[C@@H]1c1ccccc1Cl. The molecule has 3 nitrogen and oxygen atoms in total. The van der Waals surface area contributed by atoms with Crippen LogP contribution in [0.25, 0.3) is 0 Å². The number of carbonyl (C=O) groups excluding carboxylic acids is 1. The highest BCUT2D eigenvalue weighted by atomic mass is 35.5. The molecule has 1 aliphatic carbocycles. The average molecular weight is 283 g/mol. The van der Waals surface area contributed by atoms with E-state index in [1.165, 1.54) is 0 Å². The summed E-state index contributed by atoms with van der Waals surface area (Å²) in [6, 6.07) is 7.42. The smallest absolute Gasteiger partial charge is 0.234 e. The summed E-state index contributed by atoms with van der Waals surface area (Å²) in [6.45, 7) is 0.305. The van der Waals surface area contributed by atoms with Crippen molar-refractivity contribution in [2.45, 2.75) is 37.0 Å². The van der Waals surface area contributed by atoms with Gasteiger partial charge in [-0.3, -0.25) is 9.69 Å². The van der Waals surface area contributed by atoms with Gasteiger partial charge in [-0.1, -0.05) is 29.8 Å². The van der Waals surface area contributed by atoms with Crippen molar-refractivity contribution in [1.29, 1.82) is 0 Å². The fourth-order valence-electron chi connectivity index (χ4n) is 3.11. The number of halogens is 2. The van der Waals surface area contributed by atoms with Gasteiger partial charge in [-0.2, -0.15) is 0 Å². The summed E-state index contributed by atoms with van der Waals surface area (Å²) in [4.78, 5) is 13.3. The number of alkyl halides is 1. The molecule has 2 fully saturated rings. The van der Waals surface area contributed by atoms with Crippen LogP contribution in [0.1, 0.15) is 24.3 Å². The molecule has 3 rings (SSSR count). The molecule has 0 aromatic heterocycles. The van der Waals surface area contributed by atoms with Gasteiger partial charge in [-0.05, 0) is 18.1 Å². The molecule has 2 unspecified atom stereocenters. The zero-order chi connectivity index (χ0) is 13.6. The van der Waals surface area contributed by atoms with Gasteiger partial charge >= 0.3 is 0 Å². The number of primary amides is 1. The summed E-state index contributed by atoms with van der Waals surface area (Å²) < 4.78 is 13.5. The fraction of sp³-hybridized carbons (Fsp3) is 0.500. The van der Waals surface area contributed by atoms with E-state index < -0.39 is 18.1 Å². The molecule has 19 heavy (non-hydrogen) atoms. The summed E-state index contributed by atoms with van der Waals surface area (Å²) >= 11 is 6.17. The molecule has 1 amide bonds. The summed E-state index contributed by atoms with van der Waals surface area (Å²) in [5.74, 6) is -0.134. The fourth-order valence-corrected chi connectivity index (χ4v) is 3.39. The van der Waals surface area contributed by atoms with E-state index in [1.807, 2.05) is 29.2 Å². The van der Waals surface area contributed by atoms with Gasteiger partial charge in [0, 0.05) is 29.9 Å². The minimum Gasteiger partial charge on any atom is -0.368 e. The van der Waals surface area contributed by atoms with E-state index >= 15 is 0 Å². The van der Waals surface area contributed by atoms with Gasteiger partial charge in [0.05, 0.1) is 6.04 Å². The van der Waals surface area contributed by atoms with Crippen LogP contribution in [0.2, 0.25) is 5.02 Å². The molecule has 0 spiro atoms. The van der Waals surface area contributed by atoms with E-state index in [0.29, 0.717) is 12.5 Å². The first-order chi connectivity index (χ1) is 9.08. The Morgan fingerprint density at radius 3 is 2.79 bits per heavy atom. The first-order valence-electron chi connectivity index (χ1n) is 6.51. The largest absolute Gasteiger partial charge is 0.368 e. The Morgan fingerprint density at radius 1 is 1.37 bits per heavy atom. The molecule has 1 aliphatic heterocycles. The van der Waals surface area contributed by atoms with Gasteiger partial charge in [-0.25, -0.2) is 4.39 Å². The van der Waals surface area contributed by atoms with Crippen molar-refractivity contribution in [3.05, 3.63) is 34.9 Å². The van der Waals surface area contributed by atoms with Gasteiger partial charge in [0.25, 0.3) is 0 Å². The molecule has 1 aromatic carbocycles. The van der Waals surface area contributed by atoms with Crippen LogP contribution in [-0.2, 0) is 4.79 Å². The third kappa shape index (κ3) is 2.35. The number of carbonyl (C=O) groups is 1. The Balaban J connectivity index is 1.76. The lowest BCUT2D eigenvalue weighted by molar-refractivity contribution is -0.122. The third-order valence-corrected chi connectivity index (χ3v) is 4.45. The second kappa shape index (κ2) is 4.76. The van der Waals surface area contributed by atoms with Crippen LogP contribution in [0.4, 0.5) is 4.39 Å². The molecule has 5 heteroatoms. The molecule has 102 valence electrons. The minimum absolute atomic E-state index is 0.193. The van der Waals surface area contributed by atoms with Crippen LogP contribution < -0.4 is 5.73 Å². The van der Waals surface area contributed by atoms with Crippen molar-refractivity contribution in [2.24, 2.45) is 5.73 Å². The van der Waals surface area contributed by atoms with Crippen LogP contribution in [-0.4, -0.2) is 35.6 Å². The second-order valence-corrected chi connectivity index (χ2v) is 5.79. The van der Waals surface area contributed by atoms with Gasteiger partial charge < -0.3 is 5.73 Å². The quantitative estimate of drug-likeness (QED) is 0.923. The number of hydrogen-bond acceptors (Lipinski definition) is 2. The maximum Gasteiger partial charge on any atom is 0.234 e. The molecule has 2 N–H and O–H groups in total. The van der Waals surface area contributed by atoms with E-state index in [2.05, 4.69) is 0 Å². The average Bonchev–Trinajstić information content (AvgIpc) is 3.05. The van der Waals surface area contributed by atoms with Crippen molar-refractivity contribution in [1.82, 2.24) is 4.90 Å². The lowest BCUT2D eigenvalue weighted by Gasteiger charge is -2.21. The second-order valence-electron chi connectivity index (χ2n) is 5.38. The lowest BCUT2D eigenvalue weighted by atomic mass is 10.1. The molecule has 0 radical (unpaired) electrons. The highest BCUT2D eigenvalue weighted by molar-refractivity contribution is 6.31. The molecule has 2 aliphatic rings. The summed E-state index contributed by atoms with van der Waals surface area (Å²) in [5, 5.41) is 0.738. The van der Waals surface area contributed by atoms with E-state index in [-0.39, 0.29) is 12.5 Å². The predicted octanol–water partition coefficient (Wildman–Crippen LogP) is 2.09. The monoisotopic (exact) mass is 282 g/mol. The summed E-state index contributed by atoms with van der Waals surface area (Å²) in [6.07, 6.45) is 0.186. The van der Waals surface area contributed by atoms with E-state index in [9.17, 15) is 9.18 Å². The van der Waals surface area contributed by atoms with Gasteiger partial charge in [0.2, 0.25) is 5.91 Å².